The van der Waals surface area contributed by atoms with Crippen LogP contribution in [0.4, 0.5) is 0 Å². The van der Waals surface area contributed by atoms with Crippen molar-refractivity contribution < 1.29 is 14.7 Å². The van der Waals surface area contributed by atoms with E-state index in [2.05, 4.69) is 13.2 Å². The van der Waals surface area contributed by atoms with E-state index in [4.69, 9.17) is 5.11 Å². The third-order valence-corrected chi connectivity index (χ3v) is 3.92. The van der Waals surface area contributed by atoms with Gasteiger partial charge in [0.2, 0.25) is 0 Å². The summed E-state index contributed by atoms with van der Waals surface area (Å²) in [6.07, 6.45) is 3.30. The predicted molar refractivity (Wildman–Crippen MR) is 85.7 cm³/mol. The first-order valence-corrected chi connectivity index (χ1v) is 7.38. The molecular formula is C16H19NO3S. The van der Waals surface area contributed by atoms with Crippen molar-refractivity contribution in [3.8, 4) is 0 Å². The summed E-state index contributed by atoms with van der Waals surface area (Å²) in [4.78, 5) is 25.8. The molecule has 1 atom stereocenters. The van der Waals surface area contributed by atoms with Gasteiger partial charge < -0.3 is 10.0 Å². The molecule has 0 aromatic heterocycles. The molecule has 0 saturated carbocycles. The molecule has 0 aliphatic heterocycles. The Hall–Kier alpha value is -2.01. The number of benzene rings is 1. The largest absolute Gasteiger partial charge is 0.480 e. The average molecular weight is 305 g/mol. The van der Waals surface area contributed by atoms with Gasteiger partial charge in [0.1, 0.15) is 5.25 Å². The molecule has 1 rings (SSSR count). The van der Waals surface area contributed by atoms with E-state index in [9.17, 15) is 9.59 Å². The van der Waals surface area contributed by atoms with Crippen LogP contribution in [0.2, 0.25) is 0 Å². The van der Waals surface area contributed by atoms with Gasteiger partial charge in [-0.2, -0.15) is 0 Å². The van der Waals surface area contributed by atoms with Gasteiger partial charge in [0, 0.05) is 18.0 Å². The molecule has 0 spiro atoms. The van der Waals surface area contributed by atoms with E-state index in [1.54, 1.807) is 48.2 Å². The van der Waals surface area contributed by atoms with Crippen molar-refractivity contribution in [3.63, 3.8) is 0 Å². The zero-order chi connectivity index (χ0) is 15.8. The van der Waals surface area contributed by atoms with Crippen LogP contribution in [0.15, 0.2) is 54.5 Å². The fraction of sp³-hybridized carbons (Fsp3) is 0.250. The number of carbonyl (C=O) groups excluding carboxylic acids is 1. The molecule has 0 aliphatic carbocycles. The number of carbonyl (C=O) groups is 2. The normalized spacial score (nSPS) is 11.5. The van der Waals surface area contributed by atoms with Crippen molar-refractivity contribution in [3.05, 3.63) is 55.1 Å². The highest BCUT2D eigenvalue weighted by Gasteiger charge is 2.20. The van der Waals surface area contributed by atoms with Crippen LogP contribution in [-0.4, -0.2) is 40.2 Å². The van der Waals surface area contributed by atoms with Crippen molar-refractivity contribution in [1.82, 2.24) is 4.90 Å². The molecule has 21 heavy (non-hydrogen) atoms. The van der Waals surface area contributed by atoms with Crippen LogP contribution < -0.4 is 0 Å². The third kappa shape index (κ3) is 4.79. The number of hydrogen-bond acceptors (Lipinski definition) is 3. The van der Waals surface area contributed by atoms with Crippen LogP contribution >= 0.6 is 11.8 Å². The van der Waals surface area contributed by atoms with E-state index in [-0.39, 0.29) is 5.91 Å². The molecule has 0 fully saturated rings. The Bertz CT molecular complexity index is 532. The molecule has 0 radical (unpaired) electrons. The first-order chi connectivity index (χ1) is 10.0. The summed E-state index contributed by atoms with van der Waals surface area (Å²) in [6, 6.07) is 7.03. The van der Waals surface area contributed by atoms with Crippen molar-refractivity contribution >= 4 is 23.6 Å². The van der Waals surface area contributed by atoms with Crippen LogP contribution in [0.3, 0.4) is 0 Å². The first kappa shape index (κ1) is 17.0. The lowest BCUT2D eigenvalue weighted by Crippen LogP contribution is -2.31. The number of nitrogens with zero attached hydrogens (tertiary/aromatic N) is 1. The predicted octanol–water partition coefficient (Wildman–Crippen LogP) is 3.07. The molecule has 1 aromatic rings. The lowest BCUT2D eigenvalue weighted by molar-refractivity contribution is -0.136. The number of carboxylic acids is 1. The Morgan fingerprint density at radius 1 is 1.29 bits per heavy atom. The number of thioether (sulfide) groups is 1. The summed E-state index contributed by atoms with van der Waals surface area (Å²) in [7, 11) is 0. The summed E-state index contributed by atoms with van der Waals surface area (Å²) in [5.41, 5.74) is 0.499. The highest BCUT2D eigenvalue weighted by atomic mass is 32.2. The number of aliphatic carboxylic acids is 1. The summed E-state index contributed by atoms with van der Waals surface area (Å²) in [5, 5.41) is 8.39. The van der Waals surface area contributed by atoms with Crippen LogP contribution in [-0.2, 0) is 4.79 Å². The maximum Gasteiger partial charge on any atom is 0.316 e. The summed E-state index contributed by atoms with van der Waals surface area (Å²) >= 11 is 1.16. The third-order valence-electron chi connectivity index (χ3n) is 2.76. The maximum absolute atomic E-state index is 12.6. The number of hydrogen-bond donors (Lipinski definition) is 1. The number of carboxylic acid groups (broad SMARTS) is 1. The Balaban J connectivity index is 3.05. The quantitative estimate of drug-likeness (QED) is 0.592. The molecule has 5 heteroatoms. The molecule has 0 saturated heterocycles. The van der Waals surface area contributed by atoms with Gasteiger partial charge in [-0.15, -0.1) is 24.9 Å². The Kier molecular flexibility index (Phi) is 6.75. The fourth-order valence-corrected chi connectivity index (χ4v) is 2.63. The first-order valence-electron chi connectivity index (χ1n) is 6.50. The van der Waals surface area contributed by atoms with Crippen molar-refractivity contribution in [2.24, 2.45) is 0 Å². The summed E-state index contributed by atoms with van der Waals surface area (Å²) in [6.45, 7) is 9.71. The number of amides is 1. The van der Waals surface area contributed by atoms with Gasteiger partial charge in [-0.25, -0.2) is 0 Å². The minimum atomic E-state index is -0.906. The topological polar surface area (TPSA) is 57.6 Å². The minimum absolute atomic E-state index is 0.157. The monoisotopic (exact) mass is 305 g/mol. The van der Waals surface area contributed by atoms with Gasteiger partial charge in [-0.3, -0.25) is 9.59 Å². The highest BCUT2D eigenvalue weighted by molar-refractivity contribution is 8.00. The molecule has 112 valence electrons. The highest BCUT2D eigenvalue weighted by Crippen LogP contribution is 2.27. The smallest absolute Gasteiger partial charge is 0.316 e. The molecule has 1 amide bonds. The van der Waals surface area contributed by atoms with E-state index in [1.165, 1.54) is 0 Å². The standard InChI is InChI=1S/C16H19NO3S/c1-4-10-17(11-5-2)15(18)13-8-6-7-9-14(13)21-12(3)16(19)20/h4-9,12H,1-2,10-11H2,3H3,(H,19,20). The van der Waals surface area contributed by atoms with E-state index < -0.39 is 11.2 Å². The molecule has 0 heterocycles. The molecule has 0 bridgehead atoms. The lowest BCUT2D eigenvalue weighted by atomic mass is 10.2. The molecule has 4 nitrogen and oxygen atoms in total. The number of rotatable bonds is 8. The zero-order valence-corrected chi connectivity index (χ0v) is 12.8. The van der Waals surface area contributed by atoms with E-state index >= 15 is 0 Å². The summed E-state index contributed by atoms with van der Waals surface area (Å²) in [5.74, 6) is -1.06. The zero-order valence-electron chi connectivity index (χ0n) is 12.0. The minimum Gasteiger partial charge on any atom is -0.480 e. The van der Waals surface area contributed by atoms with E-state index in [1.807, 2.05) is 0 Å². The van der Waals surface area contributed by atoms with E-state index in [0.717, 1.165) is 11.8 Å². The van der Waals surface area contributed by atoms with Crippen LogP contribution in [0.1, 0.15) is 17.3 Å². The second kappa shape index (κ2) is 8.32. The van der Waals surface area contributed by atoms with Crippen molar-refractivity contribution in [2.75, 3.05) is 13.1 Å². The molecule has 1 N–H and O–H groups in total. The second-order valence-electron chi connectivity index (χ2n) is 4.38. The second-order valence-corrected chi connectivity index (χ2v) is 5.76. The van der Waals surface area contributed by atoms with Crippen LogP contribution in [0, 0.1) is 0 Å². The van der Waals surface area contributed by atoms with Crippen molar-refractivity contribution in [1.29, 1.82) is 0 Å². The van der Waals surface area contributed by atoms with Gasteiger partial charge in [-0.1, -0.05) is 24.3 Å². The maximum atomic E-state index is 12.6. The lowest BCUT2D eigenvalue weighted by Gasteiger charge is -2.21. The molecule has 1 unspecified atom stereocenters. The van der Waals surface area contributed by atoms with Gasteiger partial charge in [0.25, 0.3) is 5.91 Å². The van der Waals surface area contributed by atoms with Crippen LogP contribution in [0.25, 0.3) is 0 Å². The SMILES string of the molecule is C=CCN(CC=C)C(=O)c1ccccc1SC(C)C(=O)O. The van der Waals surface area contributed by atoms with E-state index in [0.29, 0.717) is 23.5 Å². The van der Waals surface area contributed by atoms with Gasteiger partial charge in [-0.05, 0) is 19.1 Å². The van der Waals surface area contributed by atoms with Crippen molar-refractivity contribution in [2.45, 2.75) is 17.1 Å². The Morgan fingerprint density at radius 3 is 2.38 bits per heavy atom. The van der Waals surface area contributed by atoms with Gasteiger partial charge in [0.05, 0.1) is 5.56 Å². The Morgan fingerprint density at radius 2 is 1.86 bits per heavy atom. The molecule has 0 aliphatic rings. The van der Waals surface area contributed by atoms with Gasteiger partial charge in [0.15, 0.2) is 0 Å². The van der Waals surface area contributed by atoms with Crippen LogP contribution in [0.5, 0.6) is 0 Å². The Labute approximate surface area is 129 Å². The fourth-order valence-electron chi connectivity index (χ4n) is 1.71. The molecular weight excluding hydrogens is 286 g/mol. The summed E-state index contributed by atoms with van der Waals surface area (Å²) < 4.78 is 0. The molecule has 1 aromatic carbocycles. The van der Waals surface area contributed by atoms with Gasteiger partial charge >= 0.3 is 5.97 Å². The average Bonchev–Trinajstić information content (AvgIpc) is 2.46.